The number of halogens is 1. The zero-order chi connectivity index (χ0) is 22.9. The van der Waals surface area contributed by atoms with E-state index < -0.39 is 6.09 Å². The molecule has 1 unspecified atom stereocenters. The molecule has 0 radical (unpaired) electrons. The third-order valence-corrected chi connectivity index (χ3v) is 6.98. The Morgan fingerprint density at radius 1 is 1.09 bits per heavy atom. The molecular formula is C24H27FN6O2. The van der Waals surface area contributed by atoms with Crippen molar-refractivity contribution in [2.75, 3.05) is 24.5 Å². The van der Waals surface area contributed by atoms with Crippen molar-refractivity contribution in [3.05, 3.63) is 60.6 Å². The van der Waals surface area contributed by atoms with Crippen LogP contribution in [0.3, 0.4) is 0 Å². The van der Waals surface area contributed by atoms with Crippen molar-refractivity contribution in [1.29, 1.82) is 0 Å². The zero-order valence-electron chi connectivity index (χ0n) is 18.5. The van der Waals surface area contributed by atoms with E-state index in [1.54, 1.807) is 23.9 Å². The molecule has 1 saturated heterocycles. The molecule has 3 atom stereocenters. The van der Waals surface area contributed by atoms with E-state index in [9.17, 15) is 14.3 Å². The highest BCUT2D eigenvalue weighted by molar-refractivity contribution is 5.65. The number of aromatic nitrogens is 4. The van der Waals surface area contributed by atoms with E-state index in [2.05, 4.69) is 20.0 Å². The Balaban J connectivity index is 1.18. The van der Waals surface area contributed by atoms with Crippen LogP contribution in [0.2, 0.25) is 0 Å². The lowest BCUT2D eigenvalue weighted by Gasteiger charge is -2.24. The van der Waals surface area contributed by atoms with Crippen LogP contribution < -0.4 is 4.90 Å². The minimum absolute atomic E-state index is 0.245. The Kier molecular flexibility index (Phi) is 5.70. The average molecular weight is 451 g/mol. The fourth-order valence-corrected chi connectivity index (χ4v) is 5.30. The van der Waals surface area contributed by atoms with Gasteiger partial charge >= 0.3 is 6.09 Å². The lowest BCUT2D eigenvalue weighted by molar-refractivity contribution is 0.131. The molecule has 1 amide bonds. The van der Waals surface area contributed by atoms with E-state index >= 15 is 0 Å². The van der Waals surface area contributed by atoms with Gasteiger partial charge in [-0.1, -0.05) is 12.1 Å². The maximum atomic E-state index is 13.2. The standard InChI is InChI=1S/C24H27FN6O2/c1-29-23(27-15-28-29)14-31(24(32)33)11-16-8-19-12-30(13-20(19)9-16)22-7-4-18(10-26-22)17-2-5-21(25)6-3-17/h2-7,10,15-16,19-20H,8-9,11-14H2,1H3,(H,32,33)/t16?,19-,20+. The average Bonchev–Trinajstić information content (AvgIpc) is 3.49. The van der Waals surface area contributed by atoms with E-state index in [0.29, 0.717) is 30.1 Å². The van der Waals surface area contributed by atoms with Gasteiger partial charge in [0.25, 0.3) is 0 Å². The van der Waals surface area contributed by atoms with Gasteiger partial charge in [-0.2, -0.15) is 5.10 Å². The van der Waals surface area contributed by atoms with Crippen molar-refractivity contribution in [1.82, 2.24) is 24.6 Å². The number of aryl methyl sites for hydroxylation is 1. The molecule has 9 heteroatoms. The van der Waals surface area contributed by atoms with Crippen molar-refractivity contribution >= 4 is 11.9 Å². The highest BCUT2D eigenvalue weighted by atomic mass is 19.1. The molecular weight excluding hydrogens is 423 g/mol. The van der Waals surface area contributed by atoms with Crippen LogP contribution >= 0.6 is 0 Å². The molecule has 0 spiro atoms. The minimum Gasteiger partial charge on any atom is -0.465 e. The van der Waals surface area contributed by atoms with Crippen LogP contribution in [0.15, 0.2) is 48.9 Å². The van der Waals surface area contributed by atoms with Gasteiger partial charge < -0.3 is 14.9 Å². The summed E-state index contributed by atoms with van der Waals surface area (Å²) < 4.78 is 14.8. The van der Waals surface area contributed by atoms with Gasteiger partial charge in [0, 0.05) is 38.4 Å². The van der Waals surface area contributed by atoms with Crippen molar-refractivity contribution in [3.63, 3.8) is 0 Å². The molecule has 3 heterocycles. The topological polar surface area (TPSA) is 87.4 Å². The summed E-state index contributed by atoms with van der Waals surface area (Å²) in [5.41, 5.74) is 1.91. The van der Waals surface area contributed by atoms with Crippen LogP contribution in [-0.4, -0.2) is 55.5 Å². The third-order valence-electron chi connectivity index (χ3n) is 6.98. The monoisotopic (exact) mass is 450 g/mol. The molecule has 2 fully saturated rings. The molecule has 1 saturated carbocycles. The maximum absolute atomic E-state index is 13.2. The van der Waals surface area contributed by atoms with Crippen LogP contribution in [0.4, 0.5) is 15.0 Å². The number of hydrogen-bond acceptors (Lipinski definition) is 5. The molecule has 1 aliphatic carbocycles. The van der Waals surface area contributed by atoms with Crippen molar-refractivity contribution < 1.29 is 14.3 Å². The van der Waals surface area contributed by atoms with Crippen LogP contribution in [-0.2, 0) is 13.6 Å². The van der Waals surface area contributed by atoms with Gasteiger partial charge in [-0.15, -0.1) is 0 Å². The molecule has 0 bridgehead atoms. The third kappa shape index (κ3) is 4.53. The second-order valence-electron chi connectivity index (χ2n) is 9.14. The number of benzene rings is 1. The minimum atomic E-state index is -0.915. The number of nitrogens with zero attached hydrogens (tertiary/aromatic N) is 6. The van der Waals surface area contributed by atoms with E-state index in [0.717, 1.165) is 42.9 Å². The second-order valence-corrected chi connectivity index (χ2v) is 9.14. The number of hydrogen-bond donors (Lipinski definition) is 1. The number of rotatable bonds is 6. The molecule has 3 aromatic rings. The van der Waals surface area contributed by atoms with Crippen LogP contribution in [0.1, 0.15) is 18.7 Å². The summed E-state index contributed by atoms with van der Waals surface area (Å²) in [4.78, 5) is 24.4. The SMILES string of the molecule is Cn1ncnc1CN(CC1C[C@@H]2CN(c3ccc(-c4ccc(F)cc4)cn3)C[C@@H]2C1)C(=O)O. The summed E-state index contributed by atoms with van der Waals surface area (Å²) in [6.07, 6.45) is 4.43. The first-order valence-electron chi connectivity index (χ1n) is 11.2. The molecule has 2 aromatic heterocycles. The predicted octanol–water partition coefficient (Wildman–Crippen LogP) is 3.66. The fourth-order valence-electron chi connectivity index (χ4n) is 5.30. The van der Waals surface area contributed by atoms with Crippen LogP contribution in [0.5, 0.6) is 0 Å². The largest absolute Gasteiger partial charge is 0.465 e. The van der Waals surface area contributed by atoms with Gasteiger partial charge in [0.05, 0.1) is 6.54 Å². The summed E-state index contributed by atoms with van der Waals surface area (Å²) >= 11 is 0. The molecule has 1 aromatic carbocycles. The Bertz CT molecular complexity index is 1100. The van der Waals surface area contributed by atoms with Crippen molar-refractivity contribution in [2.24, 2.45) is 24.8 Å². The lowest BCUT2D eigenvalue weighted by atomic mass is 10.0. The van der Waals surface area contributed by atoms with Gasteiger partial charge in [0.1, 0.15) is 23.8 Å². The summed E-state index contributed by atoms with van der Waals surface area (Å²) in [5, 5.41) is 13.7. The Labute approximate surface area is 191 Å². The summed E-state index contributed by atoms with van der Waals surface area (Å²) in [7, 11) is 1.77. The van der Waals surface area contributed by atoms with E-state index in [1.165, 1.54) is 23.4 Å². The highest BCUT2D eigenvalue weighted by Crippen LogP contribution is 2.43. The first-order valence-corrected chi connectivity index (χ1v) is 11.2. The zero-order valence-corrected chi connectivity index (χ0v) is 18.5. The maximum Gasteiger partial charge on any atom is 0.407 e. The van der Waals surface area contributed by atoms with Gasteiger partial charge in [-0.3, -0.25) is 4.68 Å². The number of carbonyl (C=O) groups is 1. The Morgan fingerprint density at radius 2 is 1.79 bits per heavy atom. The van der Waals surface area contributed by atoms with Crippen LogP contribution in [0.25, 0.3) is 11.1 Å². The lowest BCUT2D eigenvalue weighted by Crippen LogP contribution is -2.34. The normalized spacial score (nSPS) is 21.9. The van der Waals surface area contributed by atoms with Crippen molar-refractivity contribution in [2.45, 2.75) is 19.4 Å². The van der Waals surface area contributed by atoms with E-state index in [-0.39, 0.29) is 12.4 Å². The summed E-state index contributed by atoms with van der Waals surface area (Å²) in [6, 6.07) is 10.5. The van der Waals surface area contributed by atoms with Crippen molar-refractivity contribution in [3.8, 4) is 11.1 Å². The summed E-state index contributed by atoms with van der Waals surface area (Å²) in [5.74, 6) is 2.84. The molecule has 1 aliphatic heterocycles. The van der Waals surface area contributed by atoms with Gasteiger partial charge in [-0.25, -0.2) is 19.2 Å². The Morgan fingerprint density at radius 3 is 2.36 bits per heavy atom. The molecule has 5 rings (SSSR count). The van der Waals surface area contributed by atoms with Gasteiger partial charge in [0.2, 0.25) is 0 Å². The number of carboxylic acid groups (broad SMARTS) is 1. The first kappa shape index (κ1) is 21.4. The molecule has 8 nitrogen and oxygen atoms in total. The quantitative estimate of drug-likeness (QED) is 0.617. The molecule has 1 N–H and O–H groups in total. The molecule has 33 heavy (non-hydrogen) atoms. The number of anilines is 1. The second kappa shape index (κ2) is 8.80. The molecule has 172 valence electrons. The van der Waals surface area contributed by atoms with Crippen LogP contribution in [0, 0.1) is 23.6 Å². The highest BCUT2D eigenvalue weighted by Gasteiger charge is 2.42. The van der Waals surface area contributed by atoms with E-state index in [1.807, 2.05) is 18.3 Å². The molecule has 2 aliphatic rings. The van der Waals surface area contributed by atoms with E-state index in [4.69, 9.17) is 0 Å². The predicted molar refractivity (Wildman–Crippen MR) is 121 cm³/mol. The Hall–Kier alpha value is -3.49. The number of amides is 1. The summed E-state index contributed by atoms with van der Waals surface area (Å²) in [6.45, 7) is 2.68. The first-order chi connectivity index (χ1) is 16.0. The number of fused-ring (bicyclic) bond motifs is 1. The van der Waals surface area contributed by atoms with Gasteiger partial charge in [-0.05, 0) is 60.4 Å². The number of pyridine rings is 1. The van der Waals surface area contributed by atoms with Gasteiger partial charge in [0.15, 0.2) is 0 Å². The smallest absolute Gasteiger partial charge is 0.407 e. The fraction of sp³-hybridized carbons (Fsp3) is 0.417.